The van der Waals surface area contributed by atoms with Crippen molar-refractivity contribution in [1.29, 1.82) is 0 Å². The van der Waals surface area contributed by atoms with Crippen LogP contribution in [0, 0.1) is 5.92 Å². The van der Waals surface area contributed by atoms with E-state index >= 15 is 0 Å². The topological polar surface area (TPSA) is 0 Å². The lowest BCUT2D eigenvalue weighted by Gasteiger charge is -2.27. The number of alkyl halides is 3. The minimum absolute atomic E-state index is 0.0816. The van der Waals surface area contributed by atoms with E-state index < -0.39 is 5.92 Å². The molecule has 0 unspecified atom stereocenters. The van der Waals surface area contributed by atoms with Crippen molar-refractivity contribution in [2.45, 2.75) is 31.6 Å². The van der Waals surface area contributed by atoms with Gasteiger partial charge in [0.2, 0.25) is 5.92 Å². The van der Waals surface area contributed by atoms with Gasteiger partial charge in [0.1, 0.15) is 0 Å². The van der Waals surface area contributed by atoms with E-state index in [2.05, 4.69) is 15.9 Å². The van der Waals surface area contributed by atoms with Crippen LogP contribution in [0.15, 0.2) is 0 Å². The lowest BCUT2D eigenvalue weighted by Crippen LogP contribution is -2.26. The number of hydrogen-bond donors (Lipinski definition) is 0. The second-order valence-electron chi connectivity index (χ2n) is 2.97. The summed E-state index contributed by atoms with van der Waals surface area (Å²) in [6.07, 6.45) is 1.82. The number of halogens is 3. The highest BCUT2D eigenvalue weighted by Crippen LogP contribution is 2.37. The van der Waals surface area contributed by atoms with Crippen molar-refractivity contribution in [2.24, 2.45) is 5.92 Å². The van der Waals surface area contributed by atoms with Gasteiger partial charge in [0.05, 0.1) is 0 Å². The molecule has 0 aromatic carbocycles. The van der Waals surface area contributed by atoms with Crippen molar-refractivity contribution < 1.29 is 8.78 Å². The third kappa shape index (κ3) is 2.19. The van der Waals surface area contributed by atoms with Crippen molar-refractivity contribution >= 4 is 15.9 Å². The first-order valence-electron chi connectivity index (χ1n) is 3.58. The quantitative estimate of drug-likeness (QED) is 0.586. The average Bonchev–Trinajstić information content (AvgIpc) is 1.86. The van der Waals surface area contributed by atoms with Gasteiger partial charge in [-0.2, -0.15) is 0 Å². The molecule has 0 saturated heterocycles. The van der Waals surface area contributed by atoms with E-state index in [0.29, 0.717) is 6.42 Å². The third-order valence-corrected chi connectivity index (χ3v) is 2.88. The van der Waals surface area contributed by atoms with E-state index in [1.807, 2.05) is 0 Å². The molecule has 1 saturated carbocycles. The van der Waals surface area contributed by atoms with Gasteiger partial charge >= 0.3 is 0 Å². The second-order valence-corrected chi connectivity index (χ2v) is 3.62. The highest BCUT2D eigenvalue weighted by Gasteiger charge is 2.35. The largest absolute Gasteiger partial charge is 0.248 e. The maximum absolute atomic E-state index is 12.6. The summed E-state index contributed by atoms with van der Waals surface area (Å²) in [6.45, 7) is 0. The van der Waals surface area contributed by atoms with E-state index in [4.69, 9.17) is 0 Å². The van der Waals surface area contributed by atoms with Gasteiger partial charge in [0.25, 0.3) is 0 Å². The zero-order valence-corrected chi connectivity index (χ0v) is 7.33. The maximum atomic E-state index is 12.6. The first-order chi connectivity index (χ1) is 4.64. The Labute approximate surface area is 68.1 Å². The van der Waals surface area contributed by atoms with Crippen molar-refractivity contribution in [1.82, 2.24) is 0 Å². The Kier molecular flexibility index (Phi) is 2.67. The van der Waals surface area contributed by atoms with Crippen LogP contribution in [-0.2, 0) is 0 Å². The fourth-order valence-corrected chi connectivity index (χ4v) is 1.96. The molecule has 0 heterocycles. The van der Waals surface area contributed by atoms with Crippen LogP contribution in [0.3, 0.4) is 0 Å². The summed E-state index contributed by atoms with van der Waals surface area (Å²) in [6, 6.07) is 0. The van der Waals surface area contributed by atoms with E-state index in [1.165, 1.54) is 0 Å². The van der Waals surface area contributed by atoms with Gasteiger partial charge in [0, 0.05) is 18.2 Å². The van der Waals surface area contributed by atoms with E-state index in [1.54, 1.807) is 0 Å². The average molecular weight is 213 g/mol. The van der Waals surface area contributed by atoms with Crippen LogP contribution in [0.4, 0.5) is 8.78 Å². The smallest absolute Gasteiger partial charge is 0.207 e. The normalized spacial score (nSPS) is 32.1. The molecule has 1 rings (SSSR count). The summed E-state index contributed by atoms with van der Waals surface area (Å²) < 4.78 is 25.2. The fourth-order valence-electron chi connectivity index (χ4n) is 1.41. The molecule has 1 fully saturated rings. The number of hydrogen-bond acceptors (Lipinski definition) is 0. The molecule has 0 aliphatic heterocycles. The first-order valence-corrected chi connectivity index (χ1v) is 4.70. The molecular weight excluding hydrogens is 202 g/mol. The summed E-state index contributed by atoms with van der Waals surface area (Å²) in [4.78, 5) is 0. The van der Waals surface area contributed by atoms with Crippen LogP contribution < -0.4 is 0 Å². The zero-order valence-electron chi connectivity index (χ0n) is 5.75. The van der Waals surface area contributed by atoms with Crippen LogP contribution in [0.25, 0.3) is 0 Å². The molecule has 1 atom stereocenters. The van der Waals surface area contributed by atoms with Crippen molar-refractivity contribution in [3.8, 4) is 0 Å². The minimum Gasteiger partial charge on any atom is -0.207 e. The van der Waals surface area contributed by atoms with Crippen LogP contribution >= 0.6 is 15.9 Å². The van der Waals surface area contributed by atoms with Crippen molar-refractivity contribution in [2.75, 3.05) is 5.33 Å². The van der Waals surface area contributed by atoms with Crippen molar-refractivity contribution in [3.05, 3.63) is 0 Å². The Morgan fingerprint density at radius 2 is 2.20 bits per heavy atom. The summed E-state index contributed by atoms with van der Waals surface area (Å²) in [5.41, 5.74) is 0. The van der Waals surface area contributed by atoms with Crippen molar-refractivity contribution in [3.63, 3.8) is 0 Å². The van der Waals surface area contributed by atoms with E-state index in [-0.39, 0.29) is 18.8 Å². The van der Waals surface area contributed by atoms with Gasteiger partial charge in [-0.15, -0.1) is 0 Å². The van der Waals surface area contributed by atoms with Crippen LogP contribution in [0.2, 0.25) is 0 Å². The number of rotatable bonds is 1. The monoisotopic (exact) mass is 212 g/mol. The molecule has 0 aromatic heterocycles. The molecule has 0 amide bonds. The highest BCUT2D eigenvalue weighted by molar-refractivity contribution is 9.09. The van der Waals surface area contributed by atoms with E-state index in [0.717, 1.165) is 11.8 Å². The Balaban J connectivity index is 2.40. The molecule has 60 valence electrons. The first kappa shape index (κ1) is 8.44. The molecule has 0 spiro atoms. The minimum atomic E-state index is -2.38. The molecule has 0 bridgehead atoms. The fraction of sp³-hybridized carbons (Fsp3) is 1.00. The predicted molar refractivity (Wildman–Crippen MR) is 40.7 cm³/mol. The Bertz CT molecular complexity index is 114. The standard InChI is InChI=1S/C7H11BrF2/c8-5-6-2-1-3-7(9,10)4-6/h6H,1-5H2/t6-/m0/s1. The van der Waals surface area contributed by atoms with Crippen LogP contribution in [0.5, 0.6) is 0 Å². The molecule has 0 nitrogen and oxygen atoms in total. The molecule has 0 aromatic rings. The third-order valence-electron chi connectivity index (χ3n) is 1.96. The molecule has 1 aliphatic rings. The molecule has 1 aliphatic carbocycles. The Morgan fingerprint density at radius 3 is 2.60 bits per heavy atom. The summed E-state index contributed by atoms with van der Waals surface area (Å²) in [5.74, 6) is -2.18. The molecule has 0 radical (unpaired) electrons. The summed E-state index contributed by atoms with van der Waals surface area (Å²) >= 11 is 3.23. The predicted octanol–water partition coefficient (Wildman–Crippen LogP) is 3.21. The highest BCUT2D eigenvalue weighted by atomic mass is 79.9. The summed E-state index contributed by atoms with van der Waals surface area (Å²) in [7, 11) is 0. The molecule has 0 N–H and O–H groups in total. The van der Waals surface area contributed by atoms with Crippen LogP contribution in [-0.4, -0.2) is 11.3 Å². The van der Waals surface area contributed by atoms with Gasteiger partial charge < -0.3 is 0 Å². The lowest BCUT2D eigenvalue weighted by molar-refractivity contribution is -0.0485. The van der Waals surface area contributed by atoms with Gasteiger partial charge in [0.15, 0.2) is 0 Å². The molecular formula is C7H11BrF2. The summed E-state index contributed by atoms with van der Waals surface area (Å²) in [5, 5.41) is 0.725. The molecule has 10 heavy (non-hydrogen) atoms. The van der Waals surface area contributed by atoms with E-state index in [9.17, 15) is 8.78 Å². The second kappa shape index (κ2) is 3.16. The SMILES string of the molecule is FC1(F)CCC[C@H](CBr)C1. The maximum Gasteiger partial charge on any atom is 0.248 e. The Hall–Kier alpha value is 0.340. The molecule has 3 heteroatoms. The Morgan fingerprint density at radius 1 is 1.50 bits per heavy atom. The lowest BCUT2D eigenvalue weighted by atomic mass is 9.88. The van der Waals surface area contributed by atoms with Gasteiger partial charge in [-0.3, -0.25) is 0 Å². The van der Waals surface area contributed by atoms with Gasteiger partial charge in [-0.05, 0) is 18.8 Å². The van der Waals surface area contributed by atoms with Gasteiger partial charge in [-0.1, -0.05) is 15.9 Å². The van der Waals surface area contributed by atoms with Gasteiger partial charge in [-0.25, -0.2) is 8.78 Å². The van der Waals surface area contributed by atoms with Crippen LogP contribution in [0.1, 0.15) is 25.7 Å². The zero-order chi connectivity index (χ0) is 7.61.